The molecule has 1 atom stereocenters. The predicted octanol–water partition coefficient (Wildman–Crippen LogP) is 2.45. The van der Waals surface area contributed by atoms with Crippen LogP contribution in [0.5, 0.6) is 0 Å². The molecule has 0 aliphatic heterocycles. The number of nitrogens with zero attached hydrogens (tertiary/aromatic N) is 1. The second kappa shape index (κ2) is 6.20. The van der Waals surface area contributed by atoms with Crippen molar-refractivity contribution in [3.8, 4) is 0 Å². The molecule has 1 unspecified atom stereocenters. The third kappa shape index (κ3) is 3.89. The van der Waals surface area contributed by atoms with E-state index in [-0.39, 0.29) is 0 Å². The number of hydrogen-bond donors (Lipinski definition) is 1. The first kappa shape index (κ1) is 12.6. The summed E-state index contributed by atoms with van der Waals surface area (Å²) >= 11 is 1.77. The minimum Gasteiger partial charge on any atom is -0.380 e. The van der Waals surface area contributed by atoms with Gasteiger partial charge in [-0.3, -0.25) is 0 Å². The molecule has 1 aromatic heterocycles. The van der Waals surface area contributed by atoms with Crippen LogP contribution in [0, 0.1) is 13.8 Å². The van der Waals surface area contributed by atoms with Crippen LogP contribution < -0.4 is 5.32 Å². The smallest absolute Gasteiger partial charge is 0.0900 e. The van der Waals surface area contributed by atoms with Crippen LogP contribution in [0.3, 0.4) is 0 Å². The number of ether oxygens (including phenoxy) is 1. The second-order valence-electron chi connectivity index (χ2n) is 3.56. The van der Waals surface area contributed by atoms with Crippen molar-refractivity contribution in [2.45, 2.75) is 33.7 Å². The molecule has 0 saturated heterocycles. The molecule has 0 saturated carbocycles. The monoisotopic (exact) mass is 228 g/mol. The van der Waals surface area contributed by atoms with E-state index in [9.17, 15) is 0 Å². The van der Waals surface area contributed by atoms with E-state index in [1.54, 1.807) is 11.3 Å². The van der Waals surface area contributed by atoms with Gasteiger partial charge >= 0.3 is 0 Å². The first-order valence-electron chi connectivity index (χ1n) is 5.40. The molecule has 0 fully saturated rings. The molecule has 0 aliphatic rings. The van der Waals surface area contributed by atoms with Crippen LogP contribution >= 0.6 is 11.3 Å². The first-order chi connectivity index (χ1) is 7.15. The number of hydrogen-bond acceptors (Lipinski definition) is 4. The van der Waals surface area contributed by atoms with Crippen molar-refractivity contribution in [2.75, 3.05) is 19.8 Å². The van der Waals surface area contributed by atoms with E-state index in [0.717, 1.165) is 30.5 Å². The highest BCUT2D eigenvalue weighted by molar-refractivity contribution is 7.11. The zero-order chi connectivity index (χ0) is 11.3. The number of rotatable bonds is 6. The van der Waals surface area contributed by atoms with E-state index in [2.05, 4.69) is 24.1 Å². The average Bonchev–Trinajstić information content (AvgIpc) is 2.52. The Kier molecular flexibility index (Phi) is 5.22. The maximum atomic E-state index is 5.28. The number of aryl methyl sites for hydroxylation is 2. The topological polar surface area (TPSA) is 34.1 Å². The molecule has 0 radical (unpaired) electrons. The maximum Gasteiger partial charge on any atom is 0.0900 e. The lowest BCUT2D eigenvalue weighted by Crippen LogP contribution is -2.23. The van der Waals surface area contributed by atoms with Gasteiger partial charge in [-0.05, 0) is 27.7 Å². The summed E-state index contributed by atoms with van der Waals surface area (Å²) < 4.78 is 5.28. The molecule has 0 aromatic carbocycles. The normalized spacial score (nSPS) is 13.1. The lowest BCUT2D eigenvalue weighted by molar-refractivity contribution is 0.147. The van der Waals surface area contributed by atoms with Gasteiger partial charge in [0.15, 0.2) is 0 Å². The maximum absolute atomic E-state index is 5.28. The van der Waals surface area contributed by atoms with Crippen molar-refractivity contribution < 1.29 is 4.74 Å². The van der Waals surface area contributed by atoms with Gasteiger partial charge in [0.1, 0.15) is 0 Å². The van der Waals surface area contributed by atoms with Crippen LogP contribution in [0.25, 0.3) is 0 Å². The molecule has 0 spiro atoms. The quantitative estimate of drug-likeness (QED) is 0.759. The van der Waals surface area contributed by atoms with Gasteiger partial charge < -0.3 is 10.1 Å². The Bertz CT molecular complexity index is 299. The Morgan fingerprint density at radius 1 is 1.47 bits per heavy atom. The highest BCUT2D eigenvalue weighted by atomic mass is 32.1. The van der Waals surface area contributed by atoms with Gasteiger partial charge in [0.2, 0.25) is 0 Å². The van der Waals surface area contributed by atoms with Gasteiger partial charge in [-0.15, -0.1) is 11.3 Å². The molecule has 3 nitrogen and oxygen atoms in total. The fraction of sp³-hybridized carbons (Fsp3) is 0.727. The molecule has 0 bridgehead atoms. The summed E-state index contributed by atoms with van der Waals surface area (Å²) in [6, 6.07) is 0.372. The van der Waals surface area contributed by atoms with E-state index in [0.29, 0.717) is 6.04 Å². The van der Waals surface area contributed by atoms with Crippen LogP contribution in [-0.4, -0.2) is 24.7 Å². The van der Waals surface area contributed by atoms with E-state index in [1.165, 1.54) is 4.88 Å². The lowest BCUT2D eigenvalue weighted by Gasteiger charge is -2.12. The SMILES string of the molecule is CCOCCNC(C)c1sc(C)nc1C. The standard InChI is InChI=1S/C11H20N2OS/c1-5-14-7-6-12-8(2)11-9(3)13-10(4)15-11/h8,12H,5-7H2,1-4H3. The molecule has 86 valence electrons. The minimum atomic E-state index is 0.372. The Balaban J connectivity index is 2.39. The average molecular weight is 228 g/mol. The Labute approximate surface area is 95.9 Å². The van der Waals surface area contributed by atoms with Gasteiger partial charge in [-0.1, -0.05) is 0 Å². The van der Waals surface area contributed by atoms with E-state index in [4.69, 9.17) is 4.74 Å². The second-order valence-corrected chi connectivity index (χ2v) is 4.79. The summed E-state index contributed by atoms with van der Waals surface area (Å²) in [7, 11) is 0. The first-order valence-corrected chi connectivity index (χ1v) is 6.21. The Hall–Kier alpha value is -0.450. The highest BCUT2D eigenvalue weighted by Crippen LogP contribution is 2.23. The molecular formula is C11H20N2OS. The van der Waals surface area contributed by atoms with E-state index in [1.807, 2.05) is 13.8 Å². The molecule has 1 rings (SSSR count). The Morgan fingerprint density at radius 3 is 2.73 bits per heavy atom. The summed E-state index contributed by atoms with van der Waals surface area (Å²) in [6.45, 7) is 10.8. The van der Waals surface area contributed by atoms with Crippen LogP contribution in [0.2, 0.25) is 0 Å². The van der Waals surface area contributed by atoms with Crippen LogP contribution in [0.4, 0.5) is 0 Å². The molecule has 1 N–H and O–H groups in total. The zero-order valence-corrected chi connectivity index (χ0v) is 10.8. The van der Waals surface area contributed by atoms with Gasteiger partial charge in [0.25, 0.3) is 0 Å². The molecule has 0 amide bonds. The molecule has 0 aliphatic carbocycles. The zero-order valence-electron chi connectivity index (χ0n) is 9.96. The third-order valence-corrected chi connectivity index (χ3v) is 3.49. The minimum absolute atomic E-state index is 0.372. The van der Waals surface area contributed by atoms with Crippen molar-refractivity contribution in [1.82, 2.24) is 10.3 Å². The van der Waals surface area contributed by atoms with Crippen LogP contribution in [0.15, 0.2) is 0 Å². The highest BCUT2D eigenvalue weighted by Gasteiger charge is 2.11. The molecule has 1 heterocycles. The summed E-state index contributed by atoms with van der Waals surface area (Å²) in [6.07, 6.45) is 0. The van der Waals surface area contributed by atoms with Gasteiger partial charge in [-0.2, -0.15) is 0 Å². The van der Waals surface area contributed by atoms with Gasteiger partial charge in [0.05, 0.1) is 17.3 Å². The molecular weight excluding hydrogens is 208 g/mol. The predicted molar refractivity (Wildman–Crippen MR) is 64.5 cm³/mol. The summed E-state index contributed by atoms with van der Waals surface area (Å²) in [4.78, 5) is 5.76. The van der Waals surface area contributed by atoms with E-state index >= 15 is 0 Å². The largest absolute Gasteiger partial charge is 0.380 e. The number of thiazole rings is 1. The van der Waals surface area contributed by atoms with Crippen molar-refractivity contribution in [1.29, 1.82) is 0 Å². The molecule has 1 aromatic rings. The van der Waals surface area contributed by atoms with Crippen molar-refractivity contribution in [3.63, 3.8) is 0 Å². The van der Waals surface area contributed by atoms with Crippen molar-refractivity contribution in [3.05, 3.63) is 15.6 Å². The summed E-state index contributed by atoms with van der Waals surface area (Å²) in [5, 5.41) is 4.57. The van der Waals surface area contributed by atoms with Gasteiger partial charge in [0, 0.05) is 24.1 Å². The van der Waals surface area contributed by atoms with Crippen LogP contribution in [-0.2, 0) is 4.74 Å². The fourth-order valence-electron chi connectivity index (χ4n) is 1.53. The van der Waals surface area contributed by atoms with Crippen LogP contribution in [0.1, 0.15) is 35.5 Å². The number of aromatic nitrogens is 1. The van der Waals surface area contributed by atoms with Crippen molar-refractivity contribution >= 4 is 11.3 Å². The van der Waals surface area contributed by atoms with Gasteiger partial charge in [-0.25, -0.2) is 4.98 Å². The molecule has 4 heteroatoms. The fourth-order valence-corrected chi connectivity index (χ4v) is 2.49. The lowest BCUT2D eigenvalue weighted by atomic mass is 10.2. The number of nitrogens with one attached hydrogen (secondary N) is 1. The molecule has 15 heavy (non-hydrogen) atoms. The Morgan fingerprint density at radius 2 is 2.20 bits per heavy atom. The van der Waals surface area contributed by atoms with Crippen molar-refractivity contribution in [2.24, 2.45) is 0 Å². The third-order valence-electron chi connectivity index (χ3n) is 2.23. The van der Waals surface area contributed by atoms with E-state index < -0.39 is 0 Å². The summed E-state index contributed by atoms with van der Waals surface area (Å²) in [5.41, 5.74) is 1.15. The summed E-state index contributed by atoms with van der Waals surface area (Å²) in [5.74, 6) is 0.